The summed E-state index contributed by atoms with van der Waals surface area (Å²) >= 11 is 2.20. The van der Waals surface area contributed by atoms with Crippen molar-refractivity contribution in [1.29, 1.82) is 0 Å². The molecule has 5 heteroatoms. The van der Waals surface area contributed by atoms with E-state index in [1.807, 2.05) is 24.3 Å². The normalized spacial score (nSPS) is 10.3. The van der Waals surface area contributed by atoms with E-state index >= 15 is 0 Å². The summed E-state index contributed by atoms with van der Waals surface area (Å²) in [5.41, 5.74) is 0.708. The van der Waals surface area contributed by atoms with Crippen LogP contribution in [-0.4, -0.2) is 22.4 Å². The maximum Gasteiger partial charge on any atom is 0.251 e. The van der Waals surface area contributed by atoms with Gasteiger partial charge in [-0.2, -0.15) is 0 Å². The lowest BCUT2D eigenvalue weighted by atomic mass is 10.2. The fourth-order valence-corrected chi connectivity index (χ4v) is 2.17. The average Bonchev–Trinajstić information content (AvgIpc) is 2.87. The number of imidazole rings is 1. The van der Waals surface area contributed by atoms with E-state index in [0.717, 1.165) is 22.2 Å². The lowest BCUT2D eigenvalue weighted by molar-refractivity contribution is 0.0953. The summed E-state index contributed by atoms with van der Waals surface area (Å²) in [6, 6.07) is 7.56. The Morgan fingerprint density at radius 3 is 3.06 bits per heavy atom. The maximum atomic E-state index is 11.8. The summed E-state index contributed by atoms with van der Waals surface area (Å²) in [4.78, 5) is 19.0. The van der Waals surface area contributed by atoms with Gasteiger partial charge < -0.3 is 10.3 Å². The summed E-state index contributed by atoms with van der Waals surface area (Å²) in [6.07, 6.45) is 5.27. The van der Waals surface area contributed by atoms with Gasteiger partial charge in [-0.1, -0.05) is 6.07 Å². The first-order valence-corrected chi connectivity index (χ1v) is 6.85. The predicted octanol–water partition coefficient (Wildman–Crippen LogP) is 2.38. The monoisotopic (exact) mass is 355 g/mol. The summed E-state index contributed by atoms with van der Waals surface area (Å²) < 4.78 is 1.07. The van der Waals surface area contributed by atoms with Gasteiger partial charge in [0.15, 0.2) is 0 Å². The van der Waals surface area contributed by atoms with Gasteiger partial charge in [0.25, 0.3) is 5.91 Å². The number of H-pyrrole nitrogens is 1. The second-order valence-corrected chi connectivity index (χ2v) is 5.15. The molecule has 1 amide bonds. The number of aromatic nitrogens is 2. The first kappa shape index (κ1) is 13.1. The van der Waals surface area contributed by atoms with Gasteiger partial charge >= 0.3 is 0 Å². The third-order valence-corrected chi connectivity index (χ3v) is 3.19. The van der Waals surface area contributed by atoms with Crippen molar-refractivity contribution in [2.75, 3.05) is 6.54 Å². The van der Waals surface area contributed by atoms with Crippen LogP contribution >= 0.6 is 22.6 Å². The minimum Gasteiger partial charge on any atom is -0.352 e. The predicted molar refractivity (Wildman–Crippen MR) is 78.4 cm³/mol. The van der Waals surface area contributed by atoms with Crippen molar-refractivity contribution in [3.05, 3.63) is 51.6 Å². The van der Waals surface area contributed by atoms with E-state index in [-0.39, 0.29) is 5.91 Å². The number of nitrogens with one attached hydrogen (secondary N) is 2. The molecule has 0 aliphatic rings. The summed E-state index contributed by atoms with van der Waals surface area (Å²) in [6.45, 7) is 0.658. The number of amides is 1. The number of benzene rings is 1. The first-order valence-electron chi connectivity index (χ1n) is 5.78. The van der Waals surface area contributed by atoms with Crippen molar-refractivity contribution >= 4 is 28.5 Å². The van der Waals surface area contributed by atoms with Crippen LogP contribution in [0.25, 0.3) is 0 Å². The van der Waals surface area contributed by atoms with Crippen LogP contribution in [0.4, 0.5) is 0 Å². The second-order valence-electron chi connectivity index (χ2n) is 3.91. The number of nitrogens with zero attached hydrogens (tertiary/aromatic N) is 1. The molecule has 0 saturated heterocycles. The highest BCUT2D eigenvalue weighted by Gasteiger charge is 2.04. The summed E-state index contributed by atoms with van der Waals surface area (Å²) in [7, 11) is 0. The Hall–Kier alpha value is -1.37. The molecule has 0 bridgehead atoms. The number of aromatic amines is 1. The van der Waals surface area contributed by atoms with E-state index in [0.29, 0.717) is 12.1 Å². The summed E-state index contributed by atoms with van der Waals surface area (Å²) in [5.74, 6) is 0.937. The van der Waals surface area contributed by atoms with Crippen molar-refractivity contribution in [2.45, 2.75) is 12.8 Å². The average molecular weight is 355 g/mol. The van der Waals surface area contributed by atoms with Gasteiger partial charge in [-0.3, -0.25) is 4.79 Å². The minimum atomic E-state index is -0.0204. The zero-order valence-corrected chi connectivity index (χ0v) is 12.0. The van der Waals surface area contributed by atoms with Crippen molar-refractivity contribution in [3.8, 4) is 0 Å². The molecule has 2 rings (SSSR count). The van der Waals surface area contributed by atoms with Crippen LogP contribution in [-0.2, 0) is 6.42 Å². The molecule has 0 spiro atoms. The molecule has 1 aromatic carbocycles. The van der Waals surface area contributed by atoms with Crippen LogP contribution in [0.2, 0.25) is 0 Å². The Balaban J connectivity index is 1.75. The maximum absolute atomic E-state index is 11.8. The van der Waals surface area contributed by atoms with Gasteiger partial charge in [0.05, 0.1) is 0 Å². The van der Waals surface area contributed by atoms with Crippen molar-refractivity contribution in [1.82, 2.24) is 15.3 Å². The Morgan fingerprint density at radius 1 is 1.44 bits per heavy atom. The molecule has 94 valence electrons. The zero-order valence-electron chi connectivity index (χ0n) is 9.82. The molecule has 18 heavy (non-hydrogen) atoms. The minimum absolute atomic E-state index is 0.0204. The fraction of sp³-hybridized carbons (Fsp3) is 0.231. The number of hydrogen-bond acceptors (Lipinski definition) is 2. The number of carbonyl (C=O) groups excluding carboxylic acids is 1. The molecule has 0 aliphatic carbocycles. The number of halogens is 1. The number of carbonyl (C=O) groups is 1. The Kier molecular flexibility index (Phi) is 4.74. The highest BCUT2D eigenvalue weighted by atomic mass is 127. The molecule has 2 N–H and O–H groups in total. The largest absolute Gasteiger partial charge is 0.352 e. The van der Waals surface area contributed by atoms with E-state index in [4.69, 9.17) is 0 Å². The smallest absolute Gasteiger partial charge is 0.251 e. The fourth-order valence-electron chi connectivity index (χ4n) is 1.62. The van der Waals surface area contributed by atoms with Gasteiger partial charge in [0, 0.05) is 34.5 Å². The quantitative estimate of drug-likeness (QED) is 0.639. The molecule has 0 atom stereocenters. The van der Waals surface area contributed by atoms with Gasteiger partial charge in [-0.15, -0.1) is 0 Å². The Morgan fingerprint density at radius 2 is 2.33 bits per heavy atom. The van der Waals surface area contributed by atoms with E-state index in [1.165, 1.54) is 0 Å². The van der Waals surface area contributed by atoms with Crippen LogP contribution in [0.15, 0.2) is 36.7 Å². The van der Waals surface area contributed by atoms with E-state index < -0.39 is 0 Å². The highest BCUT2D eigenvalue weighted by Crippen LogP contribution is 2.07. The lowest BCUT2D eigenvalue weighted by Crippen LogP contribution is -2.24. The lowest BCUT2D eigenvalue weighted by Gasteiger charge is -2.04. The number of aryl methyl sites for hydroxylation is 1. The van der Waals surface area contributed by atoms with E-state index in [1.54, 1.807) is 12.4 Å². The molecule has 2 aromatic rings. The molecular weight excluding hydrogens is 341 g/mol. The van der Waals surface area contributed by atoms with Crippen LogP contribution < -0.4 is 5.32 Å². The zero-order chi connectivity index (χ0) is 12.8. The molecule has 1 heterocycles. The van der Waals surface area contributed by atoms with Crippen molar-refractivity contribution in [2.24, 2.45) is 0 Å². The van der Waals surface area contributed by atoms with Crippen LogP contribution in [0.3, 0.4) is 0 Å². The molecule has 0 unspecified atom stereocenters. The Bertz CT molecular complexity index is 511. The molecule has 0 saturated carbocycles. The third-order valence-electron chi connectivity index (χ3n) is 2.52. The topological polar surface area (TPSA) is 57.8 Å². The molecule has 0 fully saturated rings. The third kappa shape index (κ3) is 3.83. The van der Waals surface area contributed by atoms with Crippen LogP contribution in [0.1, 0.15) is 22.6 Å². The van der Waals surface area contributed by atoms with Gasteiger partial charge in [-0.25, -0.2) is 4.98 Å². The van der Waals surface area contributed by atoms with Crippen molar-refractivity contribution < 1.29 is 4.79 Å². The van der Waals surface area contributed by atoms with Gasteiger partial charge in [0.1, 0.15) is 5.82 Å². The van der Waals surface area contributed by atoms with E-state index in [9.17, 15) is 4.79 Å². The van der Waals surface area contributed by atoms with E-state index in [2.05, 4.69) is 37.9 Å². The standard InChI is InChI=1S/C13H14IN3O/c14-11-4-1-3-10(9-11)13(18)17-6-2-5-12-15-7-8-16-12/h1,3-4,7-9H,2,5-6H2,(H,15,16)(H,17,18). The van der Waals surface area contributed by atoms with Crippen LogP contribution in [0, 0.1) is 3.57 Å². The Labute approximate surface area is 119 Å². The molecule has 1 aromatic heterocycles. The molecular formula is C13H14IN3O. The molecule has 0 radical (unpaired) electrons. The number of hydrogen-bond donors (Lipinski definition) is 2. The van der Waals surface area contributed by atoms with Gasteiger partial charge in [-0.05, 0) is 47.2 Å². The van der Waals surface area contributed by atoms with Gasteiger partial charge in [0.2, 0.25) is 0 Å². The van der Waals surface area contributed by atoms with Crippen molar-refractivity contribution in [3.63, 3.8) is 0 Å². The molecule has 0 aliphatic heterocycles. The summed E-state index contributed by atoms with van der Waals surface area (Å²) in [5, 5.41) is 2.90. The SMILES string of the molecule is O=C(NCCCc1ncc[nH]1)c1cccc(I)c1. The van der Waals surface area contributed by atoms with Crippen LogP contribution in [0.5, 0.6) is 0 Å². The highest BCUT2D eigenvalue weighted by molar-refractivity contribution is 14.1. The first-order chi connectivity index (χ1) is 8.75. The number of rotatable bonds is 5. The molecule has 4 nitrogen and oxygen atoms in total. The second kappa shape index (κ2) is 6.53.